The van der Waals surface area contributed by atoms with Crippen LogP contribution in [0.3, 0.4) is 0 Å². The minimum absolute atomic E-state index is 0.197. The molecule has 1 amide bonds. The largest absolute Gasteiger partial charge is 0.497 e. The van der Waals surface area contributed by atoms with Gasteiger partial charge in [-0.3, -0.25) is 4.79 Å². The van der Waals surface area contributed by atoms with Gasteiger partial charge < -0.3 is 20.7 Å². The second-order valence-corrected chi connectivity index (χ2v) is 6.07. The van der Waals surface area contributed by atoms with Gasteiger partial charge in [0.2, 0.25) is 0 Å². The van der Waals surface area contributed by atoms with Gasteiger partial charge >= 0.3 is 0 Å². The van der Waals surface area contributed by atoms with Crippen LogP contribution >= 0.6 is 0 Å². The number of anilines is 3. The summed E-state index contributed by atoms with van der Waals surface area (Å²) in [5.74, 6) is 1.67. The number of hydrogen-bond donors (Lipinski definition) is 3. The molecule has 2 heterocycles. The fourth-order valence-electron chi connectivity index (χ4n) is 2.54. The smallest absolute Gasteiger partial charge is 0.273 e. The van der Waals surface area contributed by atoms with Crippen molar-refractivity contribution in [1.29, 1.82) is 0 Å². The molecule has 0 fully saturated rings. The van der Waals surface area contributed by atoms with Gasteiger partial charge in [0.1, 0.15) is 11.6 Å². The second-order valence-electron chi connectivity index (χ2n) is 6.07. The number of nitrogens with zero attached hydrogens (tertiary/aromatic N) is 3. The van der Waals surface area contributed by atoms with Crippen LogP contribution in [0.2, 0.25) is 0 Å². The van der Waals surface area contributed by atoms with Gasteiger partial charge in [-0.25, -0.2) is 4.98 Å². The van der Waals surface area contributed by atoms with Gasteiger partial charge in [0.25, 0.3) is 5.91 Å². The Kier molecular flexibility index (Phi) is 6.01. The second kappa shape index (κ2) is 8.81. The number of rotatable bonds is 7. The van der Waals surface area contributed by atoms with E-state index >= 15 is 0 Å². The van der Waals surface area contributed by atoms with Crippen molar-refractivity contribution < 1.29 is 9.53 Å². The highest BCUT2D eigenvalue weighted by molar-refractivity contribution is 5.98. The highest BCUT2D eigenvalue weighted by Crippen LogP contribution is 2.23. The van der Waals surface area contributed by atoms with Crippen molar-refractivity contribution >= 4 is 23.2 Å². The number of aryl methyl sites for hydroxylation is 1. The third-order valence-corrected chi connectivity index (χ3v) is 4.13. The molecular weight excluding hydrogens is 356 g/mol. The van der Waals surface area contributed by atoms with E-state index in [2.05, 4.69) is 31.1 Å². The summed E-state index contributed by atoms with van der Waals surface area (Å²) in [7, 11) is 3.18. The predicted octanol–water partition coefficient (Wildman–Crippen LogP) is 2.90. The first-order valence-corrected chi connectivity index (χ1v) is 8.76. The van der Waals surface area contributed by atoms with Crippen LogP contribution in [0.5, 0.6) is 5.75 Å². The Bertz CT molecular complexity index is 959. The van der Waals surface area contributed by atoms with Crippen LogP contribution in [0.25, 0.3) is 0 Å². The fourth-order valence-corrected chi connectivity index (χ4v) is 2.54. The summed E-state index contributed by atoms with van der Waals surface area (Å²) >= 11 is 0. The third-order valence-electron chi connectivity index (χ3n) is 4.13. The van der Waals surface area contributed by atoms with Gasteiger partial charge in [-0.1, -0.05) is 18.2 Å². The zero-order valence-electron chi connectivity index (χ0n) is 16.0. The Hall–Kier alpha value is -3.68. The highest BCUT2D eigenvalue weighted by Gasteiger charge is 2.15. The van der Waals surface area contributed by atoms with E-state index in [9.17, 15) is 4.79 Å². The van der Waals surface area contributed by atoms with Crippen molar-refractivity contribution in [2.45, 2.75) is 13.5 Å². The number of carbonyl (C=O) groups is 1. The highest BCUT2D eigenvalue weighted by atomic mass is 16.5. The predicted molar refractivity (Wildman–Crippen MR) is 108 cm³/mol. The molecule has 8 nitrogen and oxygen atoms in total. The van der Waals surface area contributed by atoms with E-state index in [1.807, 2.05) is 43.3 Å². The molecule has 0 radical (unpaired) electrons. The maximum absolute atomic E-state index is 12.2. The molecule has 1 aromatic carbocycles. The first-order valence-electron chi connectivity index (χ1n) is 8.76. The Morgan fingerprint density at radius 1 is 1.14 bits per heavy atom. The Morgan fingerprint density at radius 2 is 1.93 bits per heavy atom. The van der Waals surface area contributed by atoms with Crippen LogP contribution in [0.1, 0.15) is 21.6 Å². The minimum atomic E-state index is -0.328. The van der Waals surface area contributed by atoms with E-state index in [1.54, 1.807) is 26.4 Å². The van der Waals surface area contributed by atoms with Gasteiger partial charge in [0, 0.05) is 25.9 Å². The monoisotopic (exact) mass is 378 g/mol. The Balaban J connectivity index is 1.82. The van der Waals surface area contributed by atoms with Crippen LogP contribution in [0.15, 0.2) is 48.7 Å². The van der Waals surface area contributed by atoms with E-state index in [0.717, 1.165) is 16.9 Å². The minimum Gasteiger partial charge on any atom is -0.497 e. The van der Waals surface area contributed by atoms with E-state index in [1.165, 1.54) is 0 Å². The molecule has 3 N–H and O–H groups in total. The lowest BCUT2D eigenvalue weighted by Crippen LogP contribution is -2.22. The molecule has 0 bridgehead atoms. The molecule has 8 heteroatoms. The van der Waals surface area contributed by atoms with Crippen molar-refractivity contribution in [3.63, 3.8) is 0 Å². The zero-order chi connectivity index (χ0) is 19.9. The number of benzene rings is 1. The standard InChI is InChI=1S/C20H22N6O2/c1-13-5-4-10-22-19(13)24-16-11-17(25-26-18(16)20(27)21-2)23-12-14-6-8-15(28-3)9-7-14/h4-11H,12H2,1-3H3,(H,21,27)(H2,22,23,24,25). The zero-order valence-corrected chi connectivity index (χ0v) is 16.0. The molecule has 0 saturated heterocycles. The maximum atomic E-state index is 12.2. The first kappa shape index (κ1) is 19.1. The SMILES string of the molecule is CNC(=O)c1nnc(NCc2ccc(OC)cc2)cc1Nc1ncccc1C. The summed E-state index contributed by atoms with van der Waals surface area (Å²) in [6.07, 6.45) is 1.69. The molecule has 28 heavy (non-hydrogen) atoms. The summed E-state index contributed by atoms with van der Waals surface area (Å²) in [5.41, 5.74) is 2.74. The Morgan fingerprint density at radius 3 is 2.61 bits per heavy atom. The van der Waals surface area contributed by atoms with Crippen LogP contribution in [-0.2, 0) is 6.54 Å². The van der Waals surface area contributed by atoms with Crippen molar-refractivity contribution in [3.8, 4) is 5.75 Å². The van der Waals surface area contributed by atoms with E-state index < -0.39 is 0 Å². The number of methoxy groups -OCH3 is 1. The molecule has 3 rings (SSSR count). The Labute approximate surface area is 163 Å². The molecule has 144 valence electrons. The van der Waals surface area contributed by atoms with Crippen molar-refractivity contribution in [3.05, 3.63) is 65.5 Å². The van der Waals surface area contributed by atoms with Gasteiger partial charge in [-0.2, -0.15) is 0 Å². The fraction of sp³-hybridized carbons (Fsp3) is 0.200. The molecule has 0 atom stereocenters. The van der Waals surface area contributed by atoms with Gasteiger partial charge in [0.15, 0.2) is 11.5 Å². The lowest BCUT2D eigenvalue weighted by atomic mass is 10.2. The summed E-state index contributed by atoms with van der Waals surface area (Å²) in [5, 5.41) is 17.2. The average Bonchev–Trinajstić information content (AvgIpc) is 2.74. The third kappa shape index (κ3) is 4.53. The normalized spacial score (nSPS) is 10.2. The van der Waals surface area contributed by atoms with E-state index in [4.69, 9.17) is 4.74 Å². The number of carbonyl (C=O) groups excluding carboxylic acids is 1. The van der Waals surface area contributed by atoms with E-state index in [0.29, 0.717) is 23.9 Å². The first-order chi connectivity index (χ1) is 13.6. The molecule has 0 spiro atoms. The molecule has 2 aromatic heterocycles. The summed E-state index contributed by atoms with van der Waals surface area (Å²) < 4.78 is 5.17. The maximum Gasteiger partial charge on any atom is 0.273 e. The summed E-state index contributed by atoms with van der Waals surface area (Å²) in [6, 6.07) is 13.3. The molecule has 0 aliphatic heterocycles. The lowest BCUT2D eigenvalue weighted by molar-refractivity contribution is 0.0958. The van der Waals surface area contributed by atoms with Crippen molar-refractivity contribution in [2.75, 3.05) is 24.8 Å². The lowest BCUT2D eigenvalue weighted by Gasteiger charge is -2.13. The van der Waals surface area contributed by atoms with Gasteiger partial charge in [0.05, 0.1) is 12.8 Å². The number of ether oxygens (including phenoxy) is 1. The van der Waals surface area contributed by atoms with E-state index in [-0.39, 0.29) is 11.6 Å². The molecular formula is C20H22N6O2. The van der Waals surface area contributed by atoms with Crippen LogP contribution in [0.4, 0.5) is 17.3 Å². The molecule has 3 aromatic rings. The van der Waals surface area contributed by atoms with Crippen molar-refractivity contribution in [1.82, 2.24) is 20.5 Å². The number of nitrogens with one attached hydrogen (secondary N) is 3. The quantitative estimate of drug-likeness (QED) is 0.581. The summed E-state index contributed by atoms with van der Waals surface area (Å²) in [6.45, 7) is 2.49. The average molecular weight is 378 g/mol. The van der Waals surface area contributed by atoms with Crippen LogP contribution in [-0.4, -0.2) is 35.2 Å². The number of amides is 1. The summed E-state index contributed by atoms with van der Waals surface area (Å²) in [4.78, 5) is 16.5. The number of pyridine rings is 1. The van der Waals surface area contributed by atoms with Crippen LogP contribution < -0.4 is 20.7 Å². The van der Waals surface area contributed by atoms with Gasteiger partial charge in [-0.15, -0.1) is 10.2 Å². The van der Waals surface area contributed by atoms with Gasteiger partial charge in [-0.05, 0) is 36.2 Å². The number of aromatic nitrogens is 3. The molecule has 0 aliphatic carbocycles. The van der Waals surface area contributed by atoms with Crippen LogP contribution in [0, 0.1) is 6.92 Å². The van der Waals surface area contributed by atoms with Crippen molar-refractivity contribution in [2.24, 2.45) is 0 Å². The topological polar surface area (TPSA) is 101 Å². The number of hydrogen-bond acceptors (Lipinski definition) is 7. The molecule has 0 saturated carbocycles. The molecule has 0 aliphatic rings. The molecule has 0 unspecified atom stereocenters.